The summed E-state index contributed by atoms with van der Waals surface area (Å²) in [5.74, 6) is -0.524. The molecule has 1 fully saturated rings. The number of fused-ring (bicyclic) bond motifs is 1. The first-order valence-electron chi connectivity index (χ1n) is 9.59. The number of nitrogens with one attached hydrogen (secondary N) is 1. The number of rotatable bonds is 4. The molecule has 33 heavy (non-hydrogen) atoms. The smallest absolute Gasteiger partial charge is 0.406 e. The van der Waals surface area contributed by atoms with Crippen molar-refractivity contribution in [3.8, 4) is 5.75 Å². The fourth-order valence-electron chi connectivity index (χ4n) is 3.57. The van der Waals surface area contributed by atoms with Crippen molar-refractivity contribution in [1.29, 1.82) is 0 Å². The Morgan fingerprint density at radius 1 is 1.18 bits per heavy atom. The molecule has 0 saturated carbocycles. The Bertz CT molecular complexity index is 1280. The number of carbonyl (C=O) groups is 1. The van der Waals surface area contributed by atoms with E-state index in [0.29, 0.717) is 28.0 Å². The van der Waals surface area contributed by atoms with Crippen molar-refractivity contribution >= 4 is 50.6 Å². The van der Waals surface area contributed by atoms with Gasteiger partial charge in [-0.3, -0.25) is 4.79 Å². The quantitative estimate of drug-likeness (QED) is 0.584. The van der Waals surface area contributed by atoms with Gasteiger partial charge in [0.25, 0.3) is 5.91 Å². The highest BCUT2D eigenvalue weighted by atomic mass is 35.5. The normalized spacial score (nSPS) is 15.7. The molecule has 0 atom stereocenters. The first-order valence-corrected chi connectivity index (χ1v) is 11.4. The number of halogens is 4. The van der Waals surface area contributed by atoms with Gasteiger partial charge in [-0.05, 0) is 18.2 Å². The van der Waals surface area contributed by atoms with Crippen molar-refractivity contribution in [3.05, 3.63) is 48.3 Å². The van der Waals surface area contributed by atoms with Gasteiger partial charge in [-0.2, -0.15) is 0 Å². The lowest BCUT2D eigenvalue weighted by Gasteiger charge is -2.27. The minimum atomic E-state index is -4.81. The SMILES string of the molecule is Cl.Cn1ccc2c(Nc3cccc(OC(F)(F)F)c3)ncc(C(=O)N3CCS(=O)(=O)CC3)c21. The summed E-state index contributed by atoms with van der Waals surface area (Å²) < 4.78 is 66.5. The van der Waals surface area contributed by atoms with Crippen molar-refractivity contribution in [2.45, 2.75) is 6.36 Å². The molecular formula is C20H20ClF3N4O4S. The number of nitrogens with zero attached hydrogens (tertiary/aromatic N) is 3. The van der Waals surface area contributed by atoms with Crippen LogP contribution in [0.3, 0.4) is 0 Å². The summed E-state index contributed by atoms with van der Waals surface area (Å²) in [6, 6.07) is 7.08. The van der Waals surface area contributed by atoms with Gasteiger partial charge in [-0.1, -0.05) is 6.07 Å². The minimum Gasteiger partial charge on any atom is -0.406 e. The van der Waals surface area contributed by atoms with Crippen LogP contribution in [0.2, 0.25) is 0 Å². The summed E-state index contributed by atoms with van der Waals surface area (Å²) >= 11 is 0. The van der Waals surface area contributed by atoms with Crippen molar-refractivity contribution in [2.24, 2.45) is 7.05 Å². The number of anilines is 2. The first kappa shape index (κ1) is 24.6. The standard InChI is InChI=1S/C20H19F3N4O4S.ClH/c1-26-6-5-15-17(26)16(19(28)27-7-9-32(29,30)10-8-27)12-24-18(15)25-13-3-2-4-14(11-13)31-20(21,22)23;/h2-6,11-12H,7-10H2,1H3,(H,24,25);1H. The molecule has 178 valence electrons. The number of carbonyl (C=O) groups excluding carboxylic acids is 1. The average molecular weight is 505 g/mol. The van der Waals surface area contributed by atoms with E-state index in [1.165, 1.54) is 29.3 Å². The van der Waals surface area contributed by atoms with Crippen molar-refractivity contribution in [3.63, 3.8) is 0 Å². The van der Waals surface area contributed by atoms with Crippen molar-refractivity contribution < 1.29 is 31.1 Å². The largest absolute Gasteiger partial charge is 0.573 e. The van der Waals surface area contributed by atoms with Crippen molar-refractivity contribution in [1.82, 2.24) is 14.5 Å². The average Bonchev–Trinajstić information content (AvgIpc) is 3.09. The monoisotopic (exact) mass is 504 g/mol. The molecule has 8 nitrogen and oxygen atoms in total. The zero-order valence-electron chi connectivity index (χ0n) is 17.3. The van der Waals surface area contributed by atoms with Gasteiger partial charge in [0.15, 0.2) is 9.84 Å². The fraction of sp³-hybridized carbons (Fsp3) is 0.300. The molecule has 1 saturated heterocycles. The zero-order valence-corrected chi connectivity index (χ0v) is 18.9. The Balaban J connectivity index is 0.00000306. The molecule has 13 heteroatoms. The molecule has 2 aromatic heterocycles. The number of alkyl halides is 3. The van der Waals surface area contributed by atoms with E-state index in [9.17, 15) is 26.4 Å². The second-order valence-corrected chi connectivity index (χ2v) is 9.66. The maximum atomic E-state index is 13.1. The third kappa shape index (κ3) is 5.50. The summed E-state index contributed by atoms with van der Waals surface area (Å²) in [4.78, 5) is 18.8. The van der Waals surface area contributed by atoms with Crippen LogP contribution in [0.15, 0.2) is 42.7 Å². The number of ether oxygens (including phenoxy) is 1. The van der Waals surface area contributed by atoms with Gasteiger partial charge >= 0.3 is 6.36 Å². The van der Waals surface area contributed by atoms with Crippen LogP contribution in [0.4, 0.5) is 24.7 Å². The van der Waals surface area contributed by atoms with Crippen LogP contribution >= 0.6 is 12.4 Å². The highest BCUT2D eigenvalue weighted by Gasteiger charge is 2.31. The van der Waals surface area contributed by atoms with E-state index in [-0.39, 0.29) is 48.7 Å². The lowest BCUT2D eigenvalue weighted by Crippen LogP contribution is -2.43. The van der Waals surface area contributed by atoms with E-state index in [1.54, 1.807) is 29.9 Å². The third-order valence-electron chi connectivity index (χ3n) is 5.10. The number of sulfone groups is 1. The van der Waals surface area contributed by atoms with E-state index in [0.717, 1.165) is 0 Å². The van der Waals surface area contributed by atoms with Gasteiger partial charge < -0.3 is 19.5 Å². The van der Waals surface area contributed by atoms with E-state index in [2.05, 4.69) is 15.0 Å². The van der Waals surface area contributed by atoms with E-state index in [4.69, 9.17) is 0 Å². The second-order valence-electron chi connectivity index (χ2n) is 7.35. The summed E-state index contributed by atoms with van der Waals surface area (Å²) in [5, 5.41) is 3.55. The summed E-state index contributed by atoms with van der Waals surface area (Å²) in [5.41, 5.74) is 1.21. The second kappa shape index (κ2) is 9.10. The maximum Gasteiger partial charge on any atom is 0.573 e. The molecule has 0 unspecified atom stereocenters. The predicted molar refractivity (Wildman–Crippen MR) is 119 cm³/mol. The van der Waals surface area contributed by atoms with Crippen LogP contribution in [0, 0.1) is 0 Å². The Kier molecular flexibility index (Phi) is 6.80. The molecule has 3 heterocycles. The van der Waals surface area contributed by atoms with Crippen LogP contribution in [0.5, 0.6) is 5.75 Å². The molecule has 1 aromatic carbocycles. The molecule has 0 bridgehead atoms. The number of aromatic nitrogens is 2. The number of benzene rings is 1. The van der Waals surface area contributed by atoms with Gasteiger partial charge in [-0.25, -0.2) is 13.4 Å². The molecule has 1 aliphatic heterocycles. The maximum absolute atomic E-state index is 13.1. The van der Waals surface area contributed by atoms with Gasteiger partial charge in [-0.15, -0.1) is 25.6 Å². The minimum absolute atomic E-state index is 0. The van der Waals surface area contributed by atoms with E-state index in [1.807, 2.05) is 0 Å². The highest BCUT2D eigenvalue weighted by Crippen LogP contribution is 2.31. The zero-order chi connectivity index (χ0) is 23.1. The molecule has 0 aliphatic carbocycles. The van der Waals surface area contributed by atoms with Crippen molar-refractivity contribution in [2.75, 3.05) is 29.9 Å². The van der Waals surface area contributed by atoms with Gasteiger partial charge in [0.05, 0.1) is 22.6 Å². The topological polar surface area (TPSA) is 93.5 Å². The molecule has 1 amide bonds. The first-order chi connectivity index (χ1) is 15.0. The number of pyridine rings is 1. The van der Waals surface area contributed by atoms with Crippen LogP contribution in [-0.2, 0) is 16.9 Å². The van der Waals surface area contributed by atoms with Crippen LogP contribution in [-0.4, -0.2) is 59.7 Å². The Hall–Kier alpha value is -2.99. The molecule has 0 radical (unpaired) electrons. The Morgan fingerprint density at radius 2 is 1.88 bits per heavy atom. The number of aryl methyl sites for hydroxylation is 1. The molecule has 1 aliphatic rings. The molecule has 4 rings (SSSR count). The Labute approximate surface area is 193 Å². The van der Waals surface area contributed by atoms with Crippen LogP contribution < -0.4 is 10.1 Å². The number of hydrogen-bond acceptors (Lipinski definition) is 6. The molecule has 1 N–H and O–H groups in total. The fourth-order valence-corrected chi connectivity index (χ4v) is 4.77. The predicted octanol–water partition coefficient (Wildman–Crippen LogP) is 3.51. The third-order valence-corrected chi connectivity index (χ3v) is 6.71. The van der Waals surface area contributed by atoms with Gasteiger partial charge in [0, 0.05) is 49.7 Å². The molecular weight excluding hydrogens is 485 g/mol. The lowest BCUT2D eigenvalue weighted by atomic mass is 10.1. The summed E-state index contributed by atoms with van der Waals surface area (Å²) in [7, 11) is -1.38. The summed E-state index contributed by atoms with van der Waals surface area (Å²) in [6.07, 6.45) is -1.69. The van der Waals surface area contributed by atoms with Crippen LogP contribution in [0.25, 0.3) is 10.9 Å². The van der Waals surface area contributed by atoms with Crippen LogP contribution in [0.1, 0.15) is 10.4 Å². The number of amides is 1. The summed E-state index contributed by atoms with van der Waals surface area (Å²) in [6.45, 7) is 0.220. The van der Waals surface area contributed by atoms with Gasteiger partial charge in [0.1, 0.15) is 11.6 Å². The Morgan fingerprint density at radius 3 is 2.55 bits per heavy atom. The number of hydrogen-bond donors (Lipinski definition) is 1. The highest BCUT2D eigenvalue weighted by molar-refractivity contribution is 7.91. The lowest BCUT2D eigenvalue weighted by molar-refractivity contribution is -0.274. The molecule has 3 aromatic rings. The van der Waals surface area contributed by atoms with E-state index < -0.39 is 16.2 Å². The van der Waals surface area contributed by atoms with E-state index >= 15 is 0 Å². The van der Waals surface area contributed by atoms with Gasteiger partial charge in [0.2, 0.25) is 0 Å². The molecule has 0 spiro atoms.